The molecule has 4 nitrogen and oxygen atoms in total. The molecule has 0 fully saturated rings. The van der Waals surface area contributed by atoms with Crippen LogP contribution in [-0.2, 0) is 0 Å². The lowest BCUT2D eigenvalue weighted by Crippen LogP contribution is -1.77. The highest BCUT2D eigenvalue weighted by Gasteiger charge is 1.95. The third-order valence-electron chi connectivity index (χ3n) is 0.696. The number of thiol groups is 1. The van der Waals surface area contributed by atoms with Crippen molar-refractivity contribution in [3.8, 4) is 0 Å². The zero-order valence-electron chi connectivity index (χ0n) is 4.50. The van der Waals surface area contributed by atoms with Gasteiger partial charge in [-0.1, -0.05) is 0 Å². The molecule has 0 amide bonds. The largest absolute Gasteiger partial charge is 0.235 e. The highest BCUT2D eigenvalue weighted by Crippen LogP contribution is 2.23. The predicted molar refractivity (Wildman–Crippen MR) is 32.7 cm³/mol. The Labute approximate surface area is 50.0 Å². The van der Waals surface area contributed by atoms with Gasteiger partial charge in [0.25, 0.3) is 0 Å². The van der Waals surface area contributed by atoms with E-state index in [-0.39, 0.29) is 0 Å². The second-order valence-electron chi connectivity index (χ2n) is 1.42. The van der Waals surface area contributed by atoms with Crippen LogP contribution in [-0.4, -0.2) is 26.9 Å². The molecule has 1 heterocycles. The van der Waals surface area contributed by atoms with Crippen molar-refractivity contribution in [1.29, 1.82) is 0 Å². The zero-order valence-corrected chi connectivity index (χ0v) is 5.39. The van der Waals surface area contributed by atoms with Crippen molar-refractivity contribution >= 4 is 10.9 Å². The van der Waals surface area contributed by atoms with E-state index in [1.807, 2.05) is 6.26 Å². The maximum atomic E-state index is 3.77. The van der Waals surface area contributed by atoms with Crippen LogP contribution in [0.3, 0.4) is 0 Å². The minimum atomic E-state index is -0.400. The number of nitrogens with one attached hydrogen (secondary N) is 1. The van der Waals surface area contributed by atoms with E-state index in [2.05, 4.69) is 26.9 Å². The number of aromatic nitrogens is 4. The molecule has 1 rings (SSSR count). The Balaban J connectivity index is 2.77. The molecule has 1 N–H and O–H groups in total. The van der Waals surface area contributed by atoms with Gasteiger partial charge in [-0.25, -0.2) is 5.10 Å². The van der Waals surface area contributed by atoms with Gasteiger partial charge in [0.15, 0.2) is 5.16 Å². The Morgan fingerprint density at radius 2 is 2.50 bits per heavy atom. The van der Waals surface area contributed by atoms with E-state index < -0.39 is 10.9 Å². The summed E-state index contributed by atoms with van der Waals surface area (Å²) in [5.74, 6) is 0. The van der Waals surface area contributed by atoms with E-state index in [0.717, 1.165) is 5.16 Å². The molecule has 0 saturated carbocycles. The summed E-state index contributed by atoms with van der Waals surface area (Å²) in [6, 6.07) is 0. The smallest absolute Gasteiger partial charge is 0.186 e. The van der Waals surface area contributed by atoms with E-state index in [4.69, 9.17) is 0 Å². The lowest BCUT2D eigenvalue weighted by atomic mass is 11.4. The van der Waals surface area contributed by atoms with Gasteiger partial charge in [0.1, 0.15) is 0 Å². The van der Waals surface area contributed by atoms with Gasteiger partial charge < -0.3 is 0 Å². The average Bonchev–Trinajstić information content (AvgIpc) is 2.12. The molecule has 1 aromatic heterocycles. The van der Waals surface area contributed by atoms with E-state index in [1.165, 1.54) is 0 Å². The van der Waals surface area contributed by atoms with Gasteiger partial charge in [-0.05, 0) is 22.9 Å². The lowest BCUT2D eigenvalue weighted by Gasteiger charge is -1.98. The number of rotatable bonds is 1. The Bertz CT molecular complexity index is 146. The molecule has 0 aromatic carbocycles. The highest BCUT2D eigenvalue weighted by atomic mass is 32.2. The number of tetrazole rings is 1. The number of H-pyrrole nitrogens is 1. The molecule has 0 saturated heterocycles. The Morgan fingerprint density at radius 1 is 1.75 bits per heavy atom. The maximum absolute atomic E-state index is 3.77. The lowest BCUT2D eigenvalue weighted by molar-refractivity contribution is 0.881. The van der Waals surface area contributed by atoms with Crippen molar-refractivity contribution in [1.82, 2.24) is 20.6 Å². The maximum Gasteiger partial charge on any atom is 0.186 e. The standard InChI is InChI=1S/C3H7N4S/c1-8(2)3-4-6-7-5-3/h8H,1H2,2H3,(H,4,5,6,7). The van der Waals surface area contributed by atoms with Gasteiger partial charge in [-0.15, -0.1) is 5.10 Å². The first kappa shape index (κ1) is 5.55. The van der Waals surface area contributed by atoms with Crippen molar-refractivity contribution in [3.63, 3.8) is 0 Å². The zero-order chi connectivity index (χ0) is 5.98. The molecular formula is C3H7N4S. The molecule has 0 spiro atoms. The molecule has 1 radical (unpaired) electrons. The topological polar surface area (TPSA) is 54.5 Å². The minimum Gasteiger partial charge on any atom is -0.235 e. The SMILES string of the molecule is [CH2][SH](C)c1nnn[nH]1. The van der Waals surface area contributed by atoms with Crippen molar-refractivity contribution in [2.75, 3.05) is 6.26 Å². The summed E-state index contributed by atoms with van der Waals surface area (Å²) in [5.41, 5.74) is 0. The van der Waals surface area contributed by atoms with Gasteiger partial charge in [-0.3, -0.25) is 0 Å². The molecule has 5 heteroatoms. The van der Waals surface area contributed by atoms with Crippen LogP contribution in [0.2, 0.25) is 0 Å². The molecule has 45 valence electrons. The van der Waals surface area contributed by atoms with Crippen LogP contribution in [0.1, 0.15) is 0 Å². The third-order valence-corrected chi connectivity index (χ3v) is 1.61. The fourth-order valence-electron chi connectivity index (χ4n) is 0.316. The third kappa shape index (κ3) is 0.975. The molecular weight excluding hydrogens is 124 g/mol. The van der Waals surface area contributed by atoms with Crippen LogP contribution in [0.5, 0.6) is 0 Å². The first-order chi connectivity index (χ1) is 3.80. The number of hydrogen-bond donors (Lipinski definition) is 2. The molecule has 8 heavy (non-hydrogen) atoms. The van der Waals surface area contributed by atoms with Crippen molar-refractivity contribution < 1.29 is 0 Å². The van der Waals surface area contributed by atoms with Gasteiger partial charge >= 0.3 is 0 Å². The summed E-state index contributed by atoms with van der Waals surface area (Å²) in [6.07, 6.45) is 5.76. The van der Waals surface area contributed by atoms with Crippen LogP contribution in [0.15, 0.2) is 5.16 Å². The fraction of sp³-hybridized carbons (Fsp3) is 0.333. The van der Waals surface area contributed by atoms with E-state index >= 15 is 0 Å². The average molecular weight is 131 g/mol. The number of aromatic amines is 1. The van der Waals surface area contributed by atoms with E-state index in [0.29, 0.717) is 0 Å². The number of hydrogen-bond acceptors (Lipinski definition) is 3. The van der Waals surface area contributed by atoms with Crippen LogP contribution in [0, 0.1) is 6.26 Å². The summed E-state index contributed by atoms with van der Waals surface area (Å²) in [5, 5.41) is 13.9. The second kappa shape index (κ2) is 2.13. The van der Waals surface area contributed by atoms with Crippen LogP contribution in [0.4, 0.5) is 0 Å². The van der Waals surface area contributed by atoms with Gasteiger partial charge in [-0.2, -0.15) is 10.9 Å². The van der Waals surface area contributed by atoms with Gasteiger partial charge in [0.05, 0.1) is 0 Å². The van der Waals surface area contributed by atoms with Crippen molar-refractivity contribution in [3.05, 3.63) is 6.26 Å². The molecule has 0 aliphatic heterocycles. The molecule has 1 unspecified atom stereocenters. The van der Waals surface area contributed by atoms with Gasteiger partial charge in [0, 0.05) is 0 Å². The summed E-state index contributed by atoms with van der Waals surface area (Å²) in [4.78, 5) is 0. The Morgan fingerprint density at radius 3 is 2.75 bits per heavy atom. The molecule has 0 aliphatic carbocycles. The monoisotopic (exact) mass is 131 g/mol. The Kier molecular flexibility index (Phi) is 1.48. The summed E-state index contributed by atoms with van der Waals surface area (Å²) in [7, 11) is -0.400. The fourth-order valence-corrected chi connectivity index (χ4v) is 0.724. The molecule has 0 bridgehead atoms. The summed E-state index contributed by atoms with van der Waals surface area (Å²) >= 11 is 0. The first-order valence-electron chi connectivity index (χ1n) is 2.08. The summed E-state index contributed by atoms with van der Waals surface area (Å²) in [6.45, 7) is 0. The Hall–Kier alpha value is -0.580. The van der Waals surface area contributed by atoms with Crippen LogP contribution < -0.4 is 0 Å². The van der Waals surface area contributed by atoms with E-state index in [9.17, 15) is 0 Å². The van der Waals surface area contributed by atoms with Crippen molar-refractivity contribution in [2.24, 2.45) is 0 Å². The van der Waals surface area contributed by atoms with Crippen molar-refractivity contribution in [2.45, 2.75) is 5.16 Å². The highest BCUT2D eigenvalue weighted by molar-refractivity contribution is 8.17. The van der Waals surface area contributed by atoms with Crippen LogP contribution >= 0.6 is 10.9 Å². The van der Waals surface area contributed by atoms with Crippen LogP contribution in [0.25, 0.3) is 0 Å². The normalized spacial score (nSPS) is 11.5. The summed E-state index contributed by atoms with van der Waals surface area (Å²) < 4.78 is 0. The van der Waals surface area contributed by atoms with E-state index in [1.54, 1.807) is 0 Å². The molecule has 1 atom stereocenters. The predicted octanol–water partition coefficient (Wildman–Crippen LogP) is -0.0188. The quantitative estimate of drug-likeness (QED) is 0.527. The second-order valence-corrected chi connectivity index (χ2v) is 3.24. The molecule has 0 aliphatic rings. The number of nitrogens with zero attached hydrogens (tertiary/aromatic N) is 3. The minimum absolute atomic E-state index is 0.400. The first-order valence-corrected chi connectivity index (χ1v) is 4.06. The molecule has 1 aromatic rings. The van der Waals surface area contributed by atoms with Gasteiger partial charge in [0.2, 0.25) is 0 Å².